The third-order valence-electron chi connectivity index (χ3n) is 5.05. The largest absolute Gasteiger partial charge is 0.349 e. The lowest BCUT2D eigenvalue weighted by atomic mass is 10.00. The van der Waals surface area contributed by atoms with Crippen LogP contribution < -0.4 is 5.32 Å². The van der Waals surface area contributed by atoms with E-state index in [0.717, 1.165) is 34.1 Å². The van der Waals surface area contributed by atoms with Crippen molar-refractivity contribution in [3.05, 3.63) is 65.2 Å². The summed E-state index contributed by atoms with van der Waals surface area (Å²) in [6, 6.07) is 16.6. The summed E-state index contributed by atoms with van der Waals surface area (Å²) in [5, 5.41) is 12.4. The smallest absolute Gasteiger partial charge is 0.230 e. The number of thioether (sulfide) groups is 1. The number of carbonyl (C=O) groups is 1. The molecule has 1 aromatic heterocycles. The van der Waals surface area contributed by atoms with Gasteiger partial charge in [0.25, 0.3) is 0 Å². The standard InChI is InChI=1S/C24H30N4OS/c1-16(2)14-19-10-12-20(13-11-19)18(4)25-22(29)15-30-24-27-26-23(28(24)5)21-9-7-6-8-17(21)3/h6-13,16,18H,14-15H2,1-5H3,(H,25,29)/t18-/m1/s1. The third kappa shape index (κ3) is 5.51. The molecule has 0 bridgehead atoms. The predicted octanol–water partition coefficient (Wildman–Crippen LogP) is 4.96. The van der Waals surface area contributed by atoms with E-state index < -0.39 is 0 Å². The van der Waals surface area contributed by atoms with Crippen molar-refractivity contribution < 1.29 is 4.79 Å². The summed E-state index contributed by atoms with van der Waals surface area (Å²) < 4.78 is 1.94. The van der Waals surface area contributed by atoms with Gasteiger partial charge in [-0.1, -0.05) is 74.1 Å². The molecule has 0 saturated carbocycles. The summed E-state index contributed by atoms with van der Waals surface area (Å²) in [5.41, 5.74) is 4.64. The van der Waals surface area contributed by atoms with E-state index in [1.165, 1.54) is 17.3 Å². The summed E-state index contributed by atoms with van der Waals surface area (Å²) in [5.74, 6) is 1.73. The molecule has 0 aliphatic rings. The molecule has 0 unspecified atom stereocenters. The van der Waals surface area contributed by atoms with Crippen molar-refractivity contribution in [3.63, 3.8) is 0 Å². The molecular formula is C24H30N4OS. The van der Waals surface area contributed by atoms with Gasteiger partial charge in [-0.05, 0) is 42.9 Å². The molecule has 0 aliphatic carbocycles. The molecule has 3 rings (SSSR count). The van der Waals surface area contributed by atoms with Gasteiger partial charge in [0.15, 0.2) is 11.0 Å². The molecule has 3 aromatic rings. The quantitative estimate of drug-likeness (QED) is 0.521. The normalized spacial score (nSPS) is 12.2. The number of nitrogens with one attached hydrogen (secondary N) is 1. The maximum atomic E-state index is 12.5. The average Bonchev–Trinajstić information content (AvgIpc) is 3.07. The highest BCUT2D eigenvalue weighted by molar-refractivity contribution is 7.99. The zero-order valence-corrected chi connectivity index (χ0v) is 19.2. The minimum Gasteiger partial charge on any atom is -0.349 e. The number of benzene rings is 2. The Morgan fingerprint density at radius 2 is 1.77 bits per heavy atom. The van der Waals surface area contributed by atoms with Crippen LogP contribution in [0.15, 0.2) is 53.7 Å². The summed E-state index contributed by atoms with van der Waals surface area (Å²) in [4.78, 5) is 12.5. The molecule has 6 heteroatoms. The second-order valence-corrected chi connectivity index (χ2v) is 9.04. The van der Waals surface area contributed by atoms with Gasteiger partial charge in [0, 0.05) is 12.6 Å². The van der Waals surface area contributed by atoms with Crippen molar-refractivity contribution in [2.24, 2.45) is 13.0 Å². The lowest BCUT2D eigenvalue weighted by Crippen LogP contribution is -2.28. The zero-order valence-electron chi connectivity index (χ0n) is 18.3. The molecule has 5 nitrogen and oxygen atoms in total. The molecule has 30 heavy (non-hydrogen) atoms. The van der Waals surface area contributed by atoms with Crippen molar-refractivity contribution in [2.75, 3.05) is 5.75 Å². The van der Waals surface area contributed by atoms with E-state index in [4.69, 9.17) is 0 Å². The van der Waals surface area contributed by atoms with Crippen molar-refractivity contribution in [3.8, 4) is 11.4 Å². The molecule has 0 aliphatic heterocycles. The first-order chi connectivity index (χ1) is 14.3. The van der Waals surface area contributed by atoms with Crippen LogP contribution in [0.5, 0.6) is 0 Å². The Bertz CT molecular complexity index is 995. The van der Waals surface area contributed by atoms with E-state index in [9.17, 15) is 4.79 Å². The number of nitrogens with zero attached hydrogens (tertiary/aromatic N) is 3. The molecule has 1 N–H and O–H groups in total. The topological polar surface area (TPSA) is 59.8 Å². The van der Waals surface area contributed by atoms with Crippen LogP contribution in [0.4, 0.5) is 0 Å². The molecule has 0 radical (unpaired) electrons. The summed E-state index contributed by atoms with van der Waals surface area (Å²) >= 11 is 1.40. The monoisotopic (exact) mass is 422 g/mol. The predicted molar refractivity (Wildman–Crippen MR) is 123 cm³/mol. The molecule has 1 atom stereocenters. The fourth-order valence-corrected chi connectivity index (χ4v) is 4.13. The highest BCUT2D eigenvalue weighted by atomic mass is 32.2. The van der Waals surface area contributed by atoms with Crippen molar-refractivity contribution in [1.82, 2.24) is 20.1 Å². The molecule has 0 spiro atoms. The van der Waals surface area contributed by atoms with E-state index in [1.807, 2.05) is 36.7 Å². The van der Waals surface area contributed by atoms with E-state index in [0.29, 0.717) is 11.7 Å². The number of hydrogen-bond acceptors (Lipinski definition) is 4. The highest BCUT2D eigenvalue weighted by Gasteiger charge is 2.15. The van der Waals surface area contributed by atoms with Gasteiger partial charge in [-0.15, -0.1) is 10.2 Å². The Morgan fingerprint density at radius 1 is 1.07 bits per heavy atom. The van der Waals surface area contributed by atoms with Gasteiger partial charge in [0.05, 0.1) is 11.8 Å². The van der Waals surface area contributed by atoms with Crippen LogP contribution in [0.2, 0.25) is 0 Å². The van der Waals surface area contributed by atoms with E-state index in [1.54, 1.807) is 0 Å². The Kier molecular flexibility index (Phi) is 7.32. The Hall–Kier alpha value is -2.60. The molecule has 1 amide bonds. The van der Waals surface area contributed by atoms with Gasteiger partial charge in [-0.2, -0.15) is 0 Å². The van der Waals surface area contributed by atoms with Gasteiger partial charge in [-0.3, -0.25) is 4.79 Å². The SMILES string of the molecule is Cc1ccccc1-c1nnc(SCC(=O)N[C@H](C)c2ccc(CC(C)C)cc2)n1C. The van der Waals surface area contributed by atoms with E-state index in [2.05, 4.69) is 66.6 Å². The lowest BCUT2D eigenvalue weighted by Gasteiger charge is -2.15. The van der Waals surface area contributed by atoms with E-state index >= 15 is 0 Å². The van der Waals surface area contributed by atoms with Crippen LogP contribution in [-0.4, -0.2) is 26.4 Å². The van der Waals surface area contributed by atoms with Crippen molar-refractivity contribution >= 4 is 17.7 Å². The van der Waals surface area contributed by atoms with Crippen LogP contribution in [0.25, 0.3) is 11.4 Å². The number of aryl methyl sites for hydroxylation is 1. The zero-order chi connectivity index (χ0) is 21.7. The lowest BCUT2D eigenvalue weighted by molar-refractivity contribution is -0.119. The first-order valence-electron chi connectivity index (χ1n) is 10.3. The van der Waals surface area contributed by atoms with Crippen LogP contribution in [0.3, 0.4) is 0 Å². The molecule has 0 saturated heterocycles. The number of carbonyl (C=O) groups excluding carboxylic acids is 1. The maximum Gasteiger partial charge on any atom is 0.230 e. The van der Waals surface area contributed by atoms with Crippen LogP contribution in [0.1, 0.15) is 43.5 Å². The van der Waals surface area contributed by atoms with Gasteiger partial charge in [0.2, 0.25) is 5.91 Å². The minimum atomic E-state index is -0.0341. The summed E-state index contributed by atoms with van der Waals surface area (Å²) in [6.07, 6.45) is 1.07. The van der Waals surface area contributed by atoms with Crippen molar-refractivity contribution in [1.29, 1.82) is 0 Å². The third-order valence-corrected chi connectivity index (χ3v) is 6.07. The molecule has 0 fully saturated rings. The maximum absolute atomic E-state index is 12.5. The summed E-state index contributed by atoms with van der Waals surface area (Å²) in [6.45, 7) is 8.50. The van der Waals surface area contributed by atoms with Crippen LogP contribution in [-0.2, 0) is 18.3 Å². The Morgan fingerprint density at radius 3 is 2.43 bits per heavy atom. The van der Waals surface area contributed by atoms with E-state index in [-0.39, 0.29) is 11.9 Å². The van der Waals surface area contributed by atoms with Gasteiger partial charge >= 0.3 is 0 Å². The second-order valence-electron chi connectivity index (χ2n) is 8.10. The van der Waals surface area contributed by atoms with Gasteiger partial charge < -0.3 is 9.88 Å². The minimum absolute atomic E-state index is 0.0146. The second kappa shape index (κ2) is 9.94. The number of amides is 1. The molecule has 158 valence electrons. The van der Waals surface area contributed by atoms with Crippen molar-refractivity contribution in [2.45, 2.75) is 45.3 Å². The average molecular weight is 423 g/mol. The van der Waals surface area contributed by atoms with Crippen LogP contribution >= 0.6 is 11.8 Å². The molecular weight excluding hydrogens is 392 g/mol. The first kappa shape index (κ1) is 22.1. The first-order valence-corrected chi connectivity index (χ1v) is 11.3. The van der Waals surface area contributed by atoms with Crippen LogP contribution in [0, 0.1) is 12.8 Å². The highest BCUT2D eigenvalue weighted by Crippen LogP contribution is 2.25. The fraction of sp³-hybridized carbons (Fsp3) is 0.375. The molecule has 1 heterocycles. The Balaban J connectivity index is 1.56. The van der Waals surface area contributed by atoms with Gasteiger partial charge in [0.1, 0.15) is 0 Å². The molecule has 2 aromatic carbocycles. The van der Waals surface area contributed by atoms with Gasteiger partial charge in [-0.25, -0.2) is 0 Å². The Labute approximate surface area is 183 Å². The number of aromatic nitrogens is 3. The number of hydrogen-bond donors (Lipinski definition) is 1. The fourth-order valence-electron chi connectivity index (χ4n) is 3.41. The summed E-state index contributed by atoms with van der Waals surface area (Å²) in [7, 11) is 1.93. The number of rotatable bonds is 8.